The molecule has 0 amide bonds. The number of aromatic nitrogens is 2. The quantitative estimate of drug-likeness (QED) is 0.680. The zero-order valence-corrected chi connectivity index (χ0v) is 9.76. The predicted octanol–water partition coefficient (Wildman–Crippen LogP) is 0.454. The molecule has 63 valence electrons. The fourth-order valence-corrected chi connectivity index (χ4v) is 1.11. The molecule has 1 aliphatic rings. The van der Waals surface area contributed by atoms with Crippen LogP contribution in [-0.2, 0) is 32.7 Å². The molecule has 13 heavy (non-hydrogen) atoms. The van der Waals surface area contributed by atoms with Crippen molar-refractivity contribution in [3.8, 4) is 0 Å². The number of carbonyl (C=O) groups excluding carboxylic acids is 2. The van der Waals surface area contributed by atoms with Crippen LogP contribution < -0.4 is 0 Å². The number of nitrogens with zero attached hydrogens (tertiary/aromatic N) is 1. The first-order chi connectivity index (χ1) is 5.68. The van der Waals surface area contributed by atoms with E-state index in [0.717, 1.165) is 6.08 Å². The van der Waals surface area contributed by atoms with Gasteiger partial charge in [0.25, 0.3) is 0 Å². The van der Waals surface area contributed by atoms with E-state index in [1.165, 1.54) is 0 Å². The van der Waals surface area contributed by atoms with E-state index >= 15 is 0 Å². The fraction of sp³-hybridized carbons (Fsp3) is 0.125. The van der Waals surface area contributed by atoms with Gasteiger partial charge in [0, 0.05) is 44.1 Å². The van der Waals surface area contributed by atoms with Crippen LogP contribution >= 0.6 is 0 Å². The zero-order chi connectivity index (χ0) is 8.72. The maximum atomic E-state index is 11.1. The Bertz CT molecular complexity index is 371. The van der Waals surface area contributed by atoms with Crippen molar-refractivity contribution in [2.45, 2.75) is 6.92 Å². The Morgan fingerprint density at radius 2 is 2.15 bits per heavy atom. The monoisotopic (exact) mass is 250 g/mol. The first-order valence-electron chi connectivity index (χ1n) is 3.43. The van der Waals surface area contributed by atoms with Gasteiger partial charge in [-0.3, -0.25) is 4.98 Å². The second kappa shape index (κ2) is 3.64. The summed E-state index contributed by atoms with van der Waals surface area (Å²) in [6.07, 6.45) is 3.43. The van der Waals surface area contributed by atoms with E-state index in [0.29, 0.717) is 5.82 Å². The minimum absolute atomic E-state index is 0. The molecule has 0 fully saturated rings. The van der Waals surface area contributed by atoms with Gasteiger partial charge in [-0.25, -0.2) is 0 Å². The molecular formula is C8H5N2O2Y-. The van der Waals surface area contributed by atoms with Gasteiger partial charge in [0.05, 0.1) is 17.4 Å². The molecule has 0 atom stereocenters. The fourth-order valence-electron chi connectivity index (χ4n) is 1.11. The normalized spacial score (nSPS) is 13.9. The minimum atomic E-state index is -0.339. The van der Waals surface area contributed by atoms with Gasteiger partial charge in [-0.15, -0.1) is 12.2 Å². The van der Waals surface area contributed by atoms with Crippen LogP contribution in [0.2, 0.25) is 0 Å². The summed E-state index contributed by atoms with van der Waals surface area (Å²) in [5, 5.41) is 0. The van der Waals surface area contributed by atoms with Gasteiger partial charge in [0.15, 0.2) is 0 Å². The van der Waals surface area contributed by atoms with Crippen LogP contribution in [-0.4, -0.2) is 21.5 Å². The van der Waals surface area contributed by atoms with E-state index in [2.05, 4.69) is 16.0 Å². The van der Waals surface area contributed by atoms with Crippen molar-refractivity contribution < 1.29 is 42.3 Å². The summed E-state index contributed by atoms with van der Waals surface area (Å²) in [7, 11) is 0. The summed E-state index contributed by atoms with van der Waals surface area (Å²) in [5.41, 5.74) is 0.455. The Morgan fingerprint density at radius 1 is 1.46 bits per heavy atom. The summed E-state index contributed by atoms with van der Waals surface area (Å²) in [5.74, 6) is -0.0158. The number of H-pyrrole nitrogens is 1. The smallest absolute Gasteiger partial charge is 0.0944 e. The number of hydrogen-bond donors (Lipinski definition) is 1. The Morgan fingerprint density at radius 3 is 2.77 bits per heavy atom. The Hall–Kier alpha value is -0.606. The van der Waals surface area contributed by atoms with Gasteiger partial charge < -0.3 is 14.6 Å². The van der Waals surface area contributed by atoms with Gasteiger partial charge in [-0.05, 0) is 6.92 Å². The maximum absolute atomic E-state index is 11.1. The maximum Gasteiger partial charge on any atom is 0.0944 e. The van der Waals surface area contributed by atoms with Crippen LogP contribution in [0.25, 0.3) is 0 Å². The van der Waals surface area contributed by atoms with Crippen molar-refractivity contribution in [3.63, 3.8) is 0 Å². The standard InChI is InChI=1S/C8H5N2O2.Y/c1-4-9-7-5(11)2-3-6(12)8(7)10-4;/h2H,1H3,(H,9,10);/q-1;. The number of nitrogens with one attached hydrogen (secondary N) is 1. The Labute approximate surface area is 99.7 Å². The second-order valence-electron chi connectivity index (χ2n) is 2.53. The Kier molecular flexibility index (Phi) is 2.93. The van der Waals surface area contributed by atoms with E-state index in [1.54, 1.807) is 6.92 Å². The molecule has 0 saturated carbocycles. The number of carbonyl (C=O) groups is 2. The number of ketones is 2. The van der Waals surface area contributed by atoms with Crippen molar-refractivity contribution >= 4 is 11.6 Å². The van der Waals surface area contributed by atoms with Gasteiger partial charge in [0.1, 0.15) is 0 Å². The van der Waals surface area contributed by atoms with E-state index < -0.39 is 0 Å². The molecule has 0 aliphatic heterocycles. The molecular weight excluding hydrogens is 245 g/mol. The van der Waals surface area contributed by atoms with Crippen LogP contribution in [0.5, 0.6) is 0 Å². The summed E-state index contributed by atoms with van der Waals surface area (Å²) in [6.45, 7) is 1.69. The van der Waals surface area contributed by atoms with Crippen molar-refractivity contribution in [2.24, 2.45) is 0 Å². The van der Waals surface area contributed by atoms with Crippen LogP contribution in [0.15, 0.2) is 6.08 Å². The molecule has 0 unspecified atom stereocenters. The third-order valence-electron chi connectivity index (χ3n) is 1.62. The number of allylic oxidation sites excluding steroid dienone is 2. The van der Waals surface area contributed by atoms with Crippen molar-refractivity contribution in [1.29, 1.82) is 0 Å². The largest absolute Gasteiger partial charge is 0.364 e. The average Bonchev–Trinajstić information content (AvgIpc) is 2.41. The van der Waals surface area contributed by atoms with Gasteiger partial charge >= 0.3 is 0 Å². The third kappa shape index (κ3) is 1.69. The van der Waals surface area contributed by atoms with Crippen molar-refractivity contribution in [2.75, 3.05) is 0 Å². The molecule has 1 N–H and O–H groups in total. The van der Waals surface area contributed by atoms with Crippen LogP contribution in [0.4, 0.5) is 0 Å². The molecule has 0 bridgehead atoms. The minimum Gasteiger partial charge on any atom is -0.364 e. The number of Topliss-reactive ketones (excluding diaryl/α,β-unsaturated/α-hetero) is 1. The summed E-state index contributed by atoms with van der Waals surface area (Å²) in [6, 6.07) is 0. The molecule has 2 rings (SSSR count). The summed E-state index contributed by atoms with van der Waals surface area (Å²) < 4.78 is 0. The second-order valence-corrected chi connectivity index (χ2v) is 2.53. The topological polar surface area (TPSA) is 62.8 Å². The Balaban J connectivity index is 0.000000845. The van der Waals surface area contributed by atoms with E-state index in [-0.39, 0.29) is 55.7 Å². The molecule has 1 radical (unpaired) electrons. The molecule has 0 spiro atoms. The first-order valence-corrected chi connectivity index (χ1v) is 3.43. The molecule has 4 nitrogen and oxygen atoms in total. The predicted molar refractivity (Wildman–Crippen MR) is 39.8 cm³/mol. The number of aryl methyl sites for hydroxylation is 1. The van der Waals surface area contributed by atoms with Crippen LogP contribution in [0.3, 0.4) is 0 Å². The van der Waals surface area contributed by atoms with Crippen LogP contribution in [0.1, 0.15) is 26.8 Å². The van der Waals surface area contributed by atoms with Crippen molar-refractivity contribution in [3.05, 3.63) is 29.4 Å². The number of hydrogen-bond acceptors (Lipinski definition) is 3. The number of rotatable bonds is 0. The number of aromatic amines is 1. The molecule has 1 aromatic rings. The first kappa shape index (κ1) is 10.5. The molecule has 1 heterocycles. The molecule has 1 aliphatic carbocycles. The van der Waals surface area contributed by atoms with Crippen molar-refractivity contribution in [1.82, 2.24) is 9.97 Å². The van der Waals surface area contributed by atoms with Gasteiger partial charge in [0.2, 0.25) is 0 Å². The van der Waals surface area contributed by atoms with Gasteiger partial charge in [-0.2, -0.15) is 0 Å². The SMILES string of the molecule is Cc1nc2c([nH]1)C(=O)C=[C-]C2=O.[Y]. The van der Waals surface area contributed by atoms with E-state index in [4.69, 9.17) is 0 Å². The number of imidazole rings is 1. The molecule has 5 heteroatoms. The van der Waals surface area contributed by atoms with Gasteiger partial charge in [-0.1, -0.05) is 0 Å². The van der Waals surface area contributed by atoms with E-state index in [9.17, 15) is 9.59 Å². The molecule has 0 saturated heterocycles. The van der Waals surface area contributed by atoms with E-state index in [1.807, 2.05) is 0 Å². The third-order valence-corrected chi connectivity index (χ3v) is 1.62. The van der Waals surface area contributed by atoms with Crippen LogP contribution in [0, 0.1) is 13.0 Å². The average molecular weight is 250 g/mol. The molecule has 1 aromatic heterocycles. The number of fused-ring (bicyclic) bond motifs is 1. The molecule has 0 aromatic carbocycles. The summed E-state index contributed by atoms with van der Waals surface area (Å²) in [4.78, 5) is 28.8. The summed E-state index contributed by atoms with van der Waals surface area (Å²) >= 11 is 0. The zero-order valence-electron chi connectivity index (χ0n) is 6.92.